The maximum absolute atomic E-state index is 10.6. The van der Waals surface area contributed by atoms with Crippen LogP contribution in [0.25, 0.3) is 22.6 Å². The van der Waals surface area contributed by atoms with Crippen molar-refractivity contribution >= 4 is 23.3 Å². The molecule has 38 heavy (non-hydrogen) atoms. The molecule has 13 heteroatoms. The van der Waals surface area contributed by atoms with Crippen LogP contribution in [0.5, 0.6) is 0 Å². The van der Waals surface area contributed by atoms with Crippen LogP contribution in [0.1, 0.15) is 0 Å². The van der Waals surface area contributed by atoms with Gasteiger partial charge in [-0.25, -0.2) is 14.8 Å². The Morgan fingerprint density at radius 2 is 1.76 bits per heavy atom. The summed E-state index contributed by atoms with van der Waals surface area (Å²) in [4.78, 5) is 20.3. The zero-order valence-electron chi connectivity index (χ0n) is 20.3. The summed E-state index contributed by atoms with van der Waals surface area (Å²) in [6.07, 6.45) is -1.62. The van der Waals surface area contributed by atoms with E-state index in [9.17, 15) is 13.2 Å². The smallest absolute Gasteiger partial charge is 0.475 e. The van der Waals surface area contributed by atoms with Gasteiger partial charge >= 0.3 is 12.1 Å². The average Bonchev–Trinajstić information content (AvgIpc) is 3.35. The van der Waals surface area contributed by atoms with E-state index >= 15 is 0 Å². The second-order valence-electron chi connectivity index (χ2n) is 8.19. The molecule has 3 heterocycles. The third kappa shape index (κ3) is 6.82. The molecule has 1 fully saturated rings. The van der Waals surface area contributed by atoms with Gasteiger partial charge in [-0.15, -0.1) is 10.2 Å². The third-order valence-corrected chi connectivity index (χ3v) is 5.53. The highest BCUT2D eigenvalue weighted by atomic mass is 19.4. The van der Waals surface area contributed by atoms with Crippen molar-refractivity contribution in [1.82, 2.24) is 24.7 Å². The molecule has 0 atom stereocenters. The highest BCUT2D eigenvalue weighted by Crippen LogP contribution is 2.26. The fraction of sp³-hybridized carbons (Fsp3) is 0.240. The van der Waals surface area contributed by atoms with Gasteiger partial charge in [-0.3, -0.25) is 0 Å². The van der Waals surface area contributed by atoms with Gasteiger partial charge in [0.05, 0.1) is 18.9 Å². The van der Waals surface area contributed by atoms with Crippen LogP contribution in [0, 0.1) is 0 Å². The van der Waals surface area contributed by atoms with Gasteiger partial charge in [0.2, 0.25) is 5.95 Å². The maximum atomic E-state index is 10.6. The van der Waals surface area contributed by atoms with E-state index < -0.39 is 12.1 Å². The number of aromatic nitrogens is 5. The number of anilines is 3. The van der Waals surface area contributed by atoms with Gasteiger partial charge in [-0.1, -0.05) is 12.1 Å². The fourth-order valence-corrected chi connectivity index (χ4v) is 3.64. The Morgan fingerprint density at radius 1 is 1.05 bits per heavy atom. The van der Waals surface area contributed by atoms with Crippen molar-refractivity contribution in [2.45, 2.75) is 6.18 Å². The number of carboxylic acid groups (broad SMARTS) is 1. The predicted molar refractivity (Wildman–Crippen MR) is 134 cm³/mol. The number of halogens is 3. The zero-order valence-corrected chi connectivity index (χ0v) is 20.3. The van der Waals surface area contributed by atoms with Crippen LogP contribution in [0.3, 0.4) is 0 Å². The molecule has 2 aromatic carbocycles. The number of alkyl halides is 3. The number of nitrogens with one attached hydrogen (secondary N) is 1. The van der Waals surface area contributed by atoms with Crippen molar-refractivity contribution in [1.29, 1.82) is 0 Å². The molecule has 5 rings (SSSR count). The molecule has 0 bridgehead atoms. The first kappa shape index (κ1) is 26.5. The number of aliphatic carboxylic acids is 1. The first-order valence-corrected chi connectivity index (χ1v) is 11.5. The van der Waals surface area contributed by atoms with Crippen LogP contribution in [-0.4, -0.2) is 68.3 Å². The van der Waals surface area contributed by atoms with Gasteiger partial charge < -0.3 is 24.6 Å². The van der Waals surface area contributed by atoms with Gasteiger partial charge in [0.25, 0.3) is 0 Å². The maximum Gasteiger partial charge on any atom is 0.490 e. The number of carbonyl (C=O) groups is 1. The standard InChI is InChI=1S/C23H23N7O.C2HF3O2/c1-29-16-25-28-22(29)17-5-7-19(8-6-17)26-23-24-10-9-21(27-23)18-3-2-4-20(15-18)30-11-13-31-14-12-30;3-2(4,5)1(6)7/h2-10,15-16H,11-14H2,1H3,(H,24,26,27);(H,6,7). The summed E-state index contributed by atoms with van der Waals surface area (Å²) in [5.74, 6) is -1.38. The molecule has 0 unspecified atom stereocenters. The van der Waals surface area contributed by atoms with Crippen molar-refractivity contribution in [2.24, 2.45) is 7.05 Å². The molecular weight excluding hydrogens is 503 g/mol. The minimum Gasteiger partial charge on any atom is -0.475 e. The Labute approximate surface area is 215 Å². The molecule has 2 N–H and O–H groups in total. The second kappa shape index (κ2) is 11.7. The molecule has 198 valence electrons. The first-order valence-electron chi connectivity index (χ1n) is 11.5. The molecule has 0 saturated carbocycles. The summed E-state index contributed by atoms with van der Waals surface area (Å²) in [5.41, 5.74) is 5.04. The first-order chi connectivity index (χ1) is 18.2. The van der Waals surface area contributed by atoms with Crippen LogP contribution in [-0.2, 0) is 16.6 Å². The highest BCUT2D eigenvalue weighted by Gasteiger charge is 2.38. The molecule has 0 radical (unpaired) electrons. The van der Waals surface area contributed by atoms with E-state index in [0.717, 1.165) is 54.6 Å². The van der Waals surface area contributed by atoms with E-state index in [4.69, 9.17) is 19.6 Å². The third-order valence-electron chi connectivity index (χ3n) is 5.53. The number of hydrogen-bond acceptors (Lipinski definition) is 8. The minimum atomic E-state index is -5.08. The summed E-state index contributed by atoms with van der Waals surface area (Å²) < 4.78 is 39.1. The predicted octanol–water partition coefficient (Wildman–Crippen LogP) is 4.15. The number of nitrogens with zero attached hydrogens (tertiary/aromatic N) is 6. The Balaban J connectivity index is 0.000000426. The molecule has 1 aliphatic rings. The second-order valence-corrected chi connectivity index (χ2v) is 8.19. The number of aryl methyl sites for hydroxylation is 1. The van der Waals surface area contributed by atoms with E-state index in [2.05, 4.69) is 49.7 Å². The van der Waals surface area contributed by atoms with E-state index in [1.807, 2.05) is 41.9 Å². The summed E-state index contributed by atoms with van der Waals surface area (Å²) in [6.45, 7) is 3.34. The van der Waals surface area contributed by atoms with E-state index in [-0.39, 0.29) is 0 Å². The molecule has 1 saturated heterocycles. The van der Waals surface area contributed by atoms with E-state index in [1.165, 1.54) is 5.69 Å². The molecule has 10 nitrogen and oxygen atoms in total. The quantitative estimate of drug-likeness (QED) is 0.395. The number of hydrogen-bond donors (Lipinski definition) is 2. The van der Waals surface area contributed by atoms with Crippen LogP contribution in [0.4, 0.5) is 30.5 Å². The Kier molecular flexibility index (Phi) is 8.16. The average molecular weight is 528 g/mol. The monoisotopic (exact) mass is 527 g/mol. The summed E-state index contributed by atoms with van der Waals surface area (Å²) in [7, 11) is 1.93. The number of morpholine rings is 1. The van der Waals surface area contributed by atoms with Gasteiger partial charge in [0, 0.05) is 48.8 Å². The van der Waals surface area contributed by atoms with Gasteiger partial charge in [-0.05, 0) is 42.5 Å². The summed E-state index contributed by atoms with van der Waals surface area (Å²) in [5, 5.41) is 18.5. The summed E-state index contributed by atoms with van der Waals surface area (Å²) in [6, 6.07) is 18.4. The molecule has 1 aliphatic heterocycles. The largest absolute Gasteiger partial charge is 0.490 e. The molecule has 0 amide bonds. The Hall–Kier alpha value is -4.52. The Morgan fingerprint density at radius 3 is 2.39 bits per heavy atom. The lowest BCUT2D eigenvalue weighted by Crippen LogP contribution is -2.36. The van der Waals surface area contributed by atoms with E-state index in [0.29, 0.717) is 5.95 Å². The van der Waals surface area contributed by atoms with Crippen molar-refractivity contribution in [3.05, 3.63) is 67.1 Å². The summed E-state index contributed by atoms with van der Waals surface area (Å²) >= 11 is 0. The van der Waals surface area contributed by atoms with Crippen molar-refractivity contribution in [3.8, 4) is 22.6 Å². The van der Waals surface area contributed by atoms with Crippen molar-refractivity contribution < 1.29 is 27.8 Å². The lowest BCUT2D eigenvalue weighted by Gasteiger charge is -2.29. The molecule has 2 aromatic heterocycles. The highest BCUT2D eigenvalue weighted by molar-refractivity contribution is 5.73. The van der Waals surface area contributed by atoms with Crippen LogP contribution >= 0.6 is 0 Å². The number of ether oxygens (including phenoxy) is 1. The lowest BCUT2D eigenvalue weighted by molar-refractivity contribution is -0.192. The topological polar surface area (TPSA) is 118 Å². The molecule has 0 spiro atoms. The van der Waals surface area contributed by atoms with Gasteiger partial charge in [0.15, 0.2) is 5.82 Å². The zero-order chi connectivity index (χ0) is 27.1. The Bertz CT molecular complexity index is 1370. The molecule has 4 aromatic rings. The SMILES string of the molecule is Cn1cnnc1-c1ccc(Nc2nccc(-c3cccc(N4CCOCC4)c3)n2)cc1.O=C(O)C(F)(F)F. The minimum absolute atomic E-state index is 0.556. The molecular formula is C25H24F3N7O3. The lowest BCUT2D eigenvalue weighted by atomic mass is 10.1. The van der Waals surface area contributed by atoms with Crippen LogP contribution in [0.2, 0.25) is 0 Å². The van der Waals surface area contributed by atoms with E-state index in [1.54, 1.807) is 12.5 Å². The number of carboxylic acids is 1. The van der Waals surface area contributed by atoms with Gasteiger partial charge in [0.1, 0.15) is 6.33 Å². The normalized spacial score (nSPS) is 13.4. The van der Waals surface area contributed by atoms with Gasteiger partial charge in [-0.2, -0.15) is 13.2 Å². The van der Waals surface area contributed by atoms with Crippen LogP contribution in [0.15, 0.2) is 67.1 Å². The molecule has 0 aliphatic carbocycles. The number of benzene rings is 2. The number of rotatable bonds is 5. The van der Waals surface area contributed by atoms with Crippen molar-refractivity contribution in [3.63, 3.8) is 0 Å². The van der Waals surface area contributed by atoms with Crippen molar-refractivity contribution in [2.75, 3.05) is 36.5 Å². The van der Waals surface area contributed by atoms with Crippen LogP contribution < -0.4 is 10.2 Å². The fourth-order valence-electron chi connectivity index (χ4n) is 3.64.